The first-order chi connectivity index (χ1) is 10.7. The van der Waals surface area contributed by atoms with Crippen molar-refractivity contribution in [3.8, 4) is 12.3 Å². The lowest BCUT2D eigenvalue weighted by atomic mass is 10.1. The molecule has 0 bridgehead atoms. The first-order valence-corrected chi connectivity index (χ1v) is 7.74. The molecule has 0 atom stereocenters. The van der Waals surface area contributed by atoms with Gasteiger partial charge in [-0.05, 0) is 42.0 Å². The minimum Gasteiger partial charge on any atom is -0.343 e. The standard InChI is InChI=1S/C17H15BrN4/c1-2-3-4-13(7-9-18)12-22-10-8-14-11-15(17(19)21-20)5-6-16(14)22/h1,3-8,10-11,19-20H,9,12H2/b4-3-,13-7+,19-17?,21-20?. The Morgan fingerprint density at radius 1 is 1.41 bits per heavy atom. The third-order valence-electron chi connectivity index (χ3n) is 3.24. The summed E-state index contributed by atoms with van der Waals surface area (Å²) in [6.07, 6.45) is 13.0. The number of hydrogen-bond donors (Lipinski definition) is 2. The first-order valence-electron chi connectivity index (χ1n) is 6.62. The fourth-order valence-electron chi connectivity index (χ4n) is 2.19. The van der Waals surface area contributed by atoms with E-state index in [-0.39, 0.29) is 5.84 Å². The Labute approximate surface area is 137 Å². The number of halogens is 1. The second-order valence-electron chi connectivity index (χ2n) is 4.61. The summed E-state index contributed by atoms with van der Waals surface area (Å²) in [4.78, 5) is 0. The van der Waals surface area contributed by atoms with E-state index in [2.05, 4.69) is 37.6 Å². The van der Waals surface area contributed by atoms with Crippen LogP contribution in [0.1, 0.15) is 5.56 Å². The van der Waals surface area contributed by atoms with Crippen molar-refractivity contribution in [1.82, 2.24) is 4.57 Å². The molecule has 5 heteroatoms. The highest BCUT2D eigenvalue weighted by molar-refractivity contribution is 9.09. The number of alkyl halides is 1. The fraction of sp³-hybridized carbons (Fsp3) is 0.118. The van der Waals surface area contributed by atoms with Crippen LogP contribution in [0, 0.1) is 23.3 Å². The van der Waals surface area contributed by atoms with Crippen molar-refractivity contribution < 1.29 is 0 Å². The van der Waals surface area contributed by atoms with Crippen molar-refractivity contribution in [3.63, 3.8) is 0 Å². The predicted molar refractivity (Wildman–Crippen MR) is 93.8 cm³/mol. The van der Waals surface area contributed by atoms with Crippen LogP contribution in [0.15, 0.2) is 59.4 Å². The molecule has 0 saturated heterocycles. The molecule has 0 unspecified atom stereocenters. The van der Waals surface area contributed by atoms with E-state index in [0.29, 0.717) is 12.1 Å². The quantitative estimate of drug-likeness (QED) is 0.198. The number of benzene rings is 1. The highest BCUT2D eigenvalue weighted by atomic mass is 79.9. The van der Waals surface area contributed by atoms with E-state index in [1.807, 2.05) is 36.5 Å². The number of nitrogens with zero attached hydrogens (tertiary/aromatic N) is 2. The van der Waals surface area contributed by atoms with Crippen LogP contribution in [0.25, 0.3) is 10.9 Å². The maximum absolute atomic E-state index is 7.60. The second kappa shape index (κ2) is 7.53. The molecule has 0 radical (unpaired) electrons. The summed E-state index contributed by atoms with van der Waals surface area (Å²) in [5, 5.41) is 12.5. The third-order valence-corrected chi connectivity index (χ3v) is 3.57. The van der Waals surface area contributed by atoms with Crippen molar-refractivity contribution in [3.05, 3.63) is 59.8 Å². The monoisotopic (exact) mass is 354 g/mol. The number of allylic oxidation sites excluding steroid dienone is 4. The number of terminal acetylenes is 1. The van der Waals surface area contributed by atoms with Gasteiger partial charge in [-0.3, -0.25) is 5.41 Å². The normalized spacial score (nSPS) is 11.7. The molecule has 1 heterocycles. The van der Waals surface area contributed by atoms with Gasteiger partial charge in [0.15, 0.2) is 5.84 Å². The highest BCUT2D eigenvalue weighted by Crippen LogP contribution is 2.20. The van der Waals surface area contributed by atoms with Crippen molar-refractivity contribution in [1.29, 1.82) is 10.9 Å². The van der Waals surface area contributed by atoms with Gasteiger partial charge in [0.2, 0.25) is 0 Å². The predicted octanol–water partition coefficient (Wildman–Crippen LogP) is 4.51. The number of hydrogen-bond acceptors (Lipinski definition) is 2. The minimum atomic E-state index is -0.0357. The molecule has 4 nitrogen and oxygen atoms in total. The van der Waals surface area contributed by atoms with Crippen molar-refractivity contribution in [2.75, 3.05) is 5.33 Å². The van der Waals surface area contributed by atoms with Gasteiger partial charge in [0, 0.05) is 34.5 Å². The van der Waals surface area contributed by atoms with Crippen molar-refractivity contribution in [2.45, 2.75) is 6.54 Å². The van der Waals surface area contributed by atoms with Crippen LogP contribution >= 0.6 is 15.9 Å². The average Bonchev–Trinajstić information content (AvgIpc) is 2.94. The van der Waals surface area contributed by atoms with Gasteiger partial charge in [0.05, 0.1) is 0 Å². The zero-order valence-corrected chi connectivity index (χ0v) is 13.5. The summed E-state index contributed by atoms with van der Waals surface area (Å²) in [5.74, 6) is 2.47. The van der Waals surface area contributed by atoms with E-state index in [0.717, 1.165) is 21.8 Å². The highest BCUT2D eigenvalue weighted by Gasteiger charge is 2.06. The van der Waals surface area contributed by atoms with Gasteiger partial charge >= 0.3 is 0 Å². The van der Waals surface area contributed by atoms with Crippen LogP contribution in [-0.4, -0.2) is 15.7 Å². The van der Waals surface area contributed by atoms with Crippen LogP contribution in [0.4, 0.5) is 0 Å². The average molecular weight is 355 g/mol. The number of amidine groups is 1. The number of rotatable bonds is 5. The van der Waals surface area contributed by atoms with Crippen LogP contribution in [-0.2, 0) is 6.54 Å². The maximum Gasteiger partial charge on any atom is 0.173 e. The van der Waals surface area contributed by atoms with E-state index in [9.17, 15) is 0 Å². The maximum atomic E-state index is 7.60. The number of fused-ring (bicyclic) bond motifs is 1. The SMILES string of the molecule is C#C/C=C\C(=C/CBr)Cn1ccc2cc(C(=N)N=N)ccc21. The molecule has 0 aliphatic heterocycles. The summed E-state index contributed by atoms with van der Waals surface area (Å²) in [6, 6.07) is 7.62. The Bertz CT molecular complexity index is 806. The third kappa shape index (κ3) is 3.60. The summed E-state index contributed by atoms with van der Waals surface area (Å²) >= 11 is 3.41. The number of aromatic nitrogens is 1. The van der Waals surface area contributed by atoms with Crippen LogP contribution in [0.5, 0.6) is 0 Å². The topological polar surface area (TPSA) is 65.0 Å². The lowest BCUT2D eigenvalue weighted by molar-refractivity contribution is 0.835. The molecule has 0 aliphatic carbocycles. The van der Waals surface area contributed by atoms with E-state index < -0.39 is 0 Å². The van der Waals surface area contributed by atoms with Gasteiger partial charge in [-0.15, -0.1) is 11.5 Å². The Hall–Kier alpha value is -2.45. The summed E-state index contributed by atoms with van der Waals surface area (Å²) in [5.41, 5.74) is 9.75. The molecule has 0 fully saturated rings. The Morgan fingerprint density at radius 2 is 2.23 bits per heavy atom. The minimum absolute atomic E-state index is 0.0357. The molecule has 0 aliphatic rings. The zero-order chi connectivity index (χ0) is 15.9. The molecule has 1 aromatic heterocycles. The molecule has 1 aromatic carbocycles. The first kappa shape index (κ1) is 15.9. The number of nitrogens with one attached hydrogen (secondary N) is 2. The lowest BCUT2D eigenvalue weighted by Crippen LogP contribution is -1.99. The van der Waals surface area contributed by atoms with Gasteiger partial charge < -0.3 is 4.57 Å². The van der Waals surface area contributed by atoms with E-state index in [4.69, 9.17) is 17.4 Å². The molecule has 110 valence electrons. The van der Waals surface area contributed by atoms with Gasteiger partial charge in [-0.25, -0.2) is 5.53 Å². The molecule has 0 spiro atoms. The zero-order valence-electron chi connectivity index (χ0n) is 11.9. The largest absolute Gasteiger partial charge is 0.343 e. The van der Waals surface area contributed by atoms with Gasteiger partial charge in [-0.1, -0.05) is 27.9 Å². The molecular weight excluding hydrogens is 340 g/mol. The molecule has 22 heavy (non-hydrogen) atoms. The molecular formula is C17H15BrN4. The summed E-state index contributed by atoms with van der Waals surface area (Å²) < 4.78 is 2.12. The molecule has 2 rings (SSSR count). The van der Waals surface area contributed by atoms with E-state index in [1.165, 1.54) is 0 Å². The molecule has 2 aromatic rings. The Kier molecular flexibility index (Phi) is 5.45. The van der Waals surface area contributed by atoms with Crippen molar-refractivity contribution >= 4 is 32.7 Å². The Morgan fingerprint density at radius 3 is 2.91 bits per heavy atom. The summed E-state index contributed by atoms with van der Waals surface area (Å²) in [6.45, 7) is 0.715. The van der Waals surface area contributed by atoms with E-state index in [1.54, 1.807) is 6.08 Å². The van der Waals surface area contributed by atoms with Crippen molar-refractivity contribution in [2.24, 2.45) is 5.11 Å². The smallest absolute Gasteiger partial charge is 0.173 e. The van der Waals surface area contributed by atoms with Gasteiger partial charge in [-0.2, -0.15) is 0 Å². The molecule has 0 amide bonds. The molecule has 0 saturated carbocycles. The Balaban J connectivity index is 2.35. The summed E-state index contributed by atoms with van der Waals surface area (Å²) in [7, 11) is 0. The lowest BCUT2D eigenvalue weighted by Gasteiger charge is -2.07. The van der Waals surface area contributed by atoms with Crippen LogP contribution in [0.2, 0.25) is 0 Å². The fourth-order valence-corrected chi connectivity index (χ4v) is 2.60. The second-order valence-corrected chi connectivity index (χ2v) is 5.26. The molecule has 2 N–H and O–H groups in total. The van der Waals surface area contributed by atoms with E-state index >= 15 is 0 Å². The van der Waals surface area contributed by atoms with Gasteiger partial charge in [0.25, 0.3) is 0 Å². The van der Waals surface area contributed by atoms with Gasteiger partial charge in [0.1, 0.15) is 0 Å². The van der Waals surface area contributed by atoms with Crippen LogP contribution in [0.3, 0.4) is 0 Å². The van der Waals surface area contributed by atoms with Crippen LogP contribution < -0.4 is 0 Å².